The second-order valence-electron chi connectivity index (χ2n) is 4.76. The van der Waals surface area contributed by atoms with Crippen LogP contribution in [0.3, 0.4) is 0 Å². The van der Waals surface area contributed by atoms with Crippen LogP contribution in [0.4, 0.5) is 0 Å². The fourth-order valence-electron chi connectivity index (χ4n) is 2.81. The Morgan fingerprint density at radius 1 is 1.47 bits per heavy atom. The highest BCUT2D eigenvalue weighted by molar-refractivity contribution is 5.89. The van der Waals surface area contributed by atoms with Gasteiger partial charge in [0.05, 0.1) is 12.0 Å². The summed E-state index contributed by atoms with van der Waals surface area (Å²) in [6.45, 7) is 3.02. The molecule has 3 saturated heterocycles. The van der Waals surface area contributed by atoms with Crippen LogP contribution in [0.5, 0.6) is 0 Å². The molecule has 3 rings (SSSR count). The summed E-state index contributed by atoms with van der Waals surface area (Å²) in [5.74, 6) is -1.54. The summed E-state index contributed by atoms with van der Waals surface area (Å²) in [4.78, 5) is 34.0. The third kappa shape index (κ3) is 1.90. The van der Waals surface area contributed by atoms with Gasteiger partial charge in [-0.2, -0.15) is 0 Å². The molecule has 0 saturated carbocycles. The zero-order valence-corrected chi connectivity index (χ0v) is 10.0. The molecule has 5 unspecified atom stereocenters. The zero-order valence-electron chi connectivity index (χ0n) is 10.0. The minimum Gasteiger partial charge on any atom is -0.455 e. The van der Waals surface area contributed by atoms with Crippen molar-refractivity contribution in [2.24, 2.45) is 5.92 Å². The van der Waals surface area contributed by atoms with Crippen molar-refractivity contribution < 1.29 is 28.6 Å². The van der Waals surface area contributed by atoms with E-state index in [0.717, 1.165) is 6.08 Å². The first kappa shape index (κ1) is 12.2. The maximum atomic E-state index is 11.6. The number of carbonyl (C=O) groups is 3. The minimum absolute atomic E-state index is 0.217. The maximum Gasteiger partial charge on any atom is 0.325 e. The van der Waals surface area contributed by atoms with E-state index in [9.17, 15) is 14.4 Å². The van der Waals surface area contributed by atoms with Crippen molar-refractivity contribution in [3.8, 4) is 0 Å². The number of nitrogens with one attached hydrogen (secondary N) is 1. The summed E-state index contributed by atoms with van der Waals surface area (Å²) in [5, 5.41) is 2.32. The molecule has 0 aromatic heterocycles. The van der Waals surface area contributed by atoms with Crippen LogP contribution in [0, 0.1) is 5.92 Å². The second kappa shape index (κ2) is 4.34. The Morgan fingerprint density at radius 2 is 2.26 bits per heavy atom. The largest absolute Gasteiger partial charge is 0.455 e. The van der Waals surface area contributed by atoms with Crippen LogP contribution in [-0.4, -0.2) is 48.8 Å². The molecule has 7 heteroatoms. The third-order valence-electron chi connectivity index (χ3n) is 3.64. The Labute approximate surface area is 108 Å². The molecule has 2 bridgehead atoms. The molecule has 0 spiro atoms. The van der Waals surface area contributed by atoms with E-state index in [1.165, 1.54) is 0 Å². The normalized spacial score (nSPS) is 37.9. The third-order valence-corrected chi connectivity index (χ3v) is 3.64. The van der Waals surface area contributed by atoms with E-state index >= 15 is 0 Å². The lowest BCUT2D eigenvalue weighted by Crippen LogP contribution is -2.42. The molecule has 5 atom stereocenters. The van der Waals surface area contributed by atoms with Gasteiger partial charge in [-0.3, -0.25) is 14.4 Å². The van der Waals surface area contributed by atoms with Crippen molar-refractivity contribution in [2.45, 2.75) is 30.8 Å². The van der Waals surface area contributed by atoms with Gasteiger partial charge in [0.2, 0.25) is 5.91 Å². The average molecular weight is 267 g/mol. The van der Waals surface area contributed by atoms with Crippen LogP contribution < -0.4 is 5.32 Å². The lowest BCUT2D eigenvalue weighted by molar-refractivity contribution is -0.159. The van der Waals surface area contributed by atoms with Gasteiger partial charge in [-0.1, -0.05) is 6.58 Å². The Balaban J connectivity index is 1.57. The van der Waals surface area contributed by atoms with E-state index in [-0.39, 0.29) is 30.6 Å². The van der Waals surface area contributed by atoms with Crippen molar-refractivity contribution in [1.82, 2.24) is 5.32 Å². The summed E-state index contributed by atoms with van der Waals surface area (Å²) in [7, 11) is 0. The van der Waals surface area contributed by atoms with Crippen LogP contribution >= 0.6 is 0 Å². The smallest absolute Gasteiger partial charge is 0.325 e. The number of esters is 2. The molecule has 1 N–H and O–H groups in total. The molecule has 102 valence electrons. The van der Waals surface area contributed by atoms with Crippen LogP contribution in [-0.2, 0) is 28.6 Å². The quantitative estimate of drug-likeness (QED) is 0.514. The van der Waals surface area contributed by atoms with Crippen LogP contribution in [0.25, 0.3) is 0 Å². The Morgan fingerprint density at radius 3 is 3.00 bits per heavy atom. The molecule has 0 aromatic rings. The molecule has 3 aliphatic rings. The van der Waals surface area contributed by atoms with Crippen molar-refractivity contribution in [3.63, 3.8) is 0 Å². The highest BCUT2D eigenvalue weighted by Crippen LogP contribution is 2.47. The Bertz CT molecular complexity index is 461. The van der Waals surface area contributed by atoms with Crippen molar-refractivity contribution in [2.75, 3.05) is 6.54 Å². The van der Waals surface area contributed by atoms with Gasteiger partial charge in [0, 0.05) is 0 Å². The van der Waals surface area contributed by atoms with Crippen LogP contribution in [0.15, 0.2) is 12.7 Å². The fraction of sp³-hybridized carbons (Fsp3) is 0.583. The molecule has 19 heavy (non-hydrogen) atoms. The maximum absolute atomic E-state index is 11.6. The molecule has 3 fully saturated rings. The Kier molecular flexibility index (Phi) is 2.78. The first-order valence-electron chi connectivity index (χ1n) is 6.06. The molecule has 3 heterocycles. The van der Waals surface area contributed by atoms with Gasteiger partial charge >= 0.3 is 11.9 Å². The molecule has 0 aliphatic carbocycles. The number of hydrogen-bond donors (Lipinski definition) is 1. The van der Waals surface area contributed by atoms with E-state index in [4.69, 9.17) is 14.2 Å². The number of hydrogen-bond acceptors (Lipinski definition) is 6. The lowest BCUT2D eigenvalue weighted by Gasteiger charge is -2.22. The summed E-state index contributed by atoms with van der Waals surface area (Å²) < 4.78 is 15.9. The molecular weight excluding hydrogens is 254 g/mol. The standard InChI is InChI=1S/C12H13NO6/c1-2-7(14)13-4-8(15)18-10-6-3-5-9(17-6)11(10)19-12(5)16/h2,5-6,9-11H,1,3-4H2,(H,13,14). The molecule has 0 aromatic carbocycles. The molecular formula is C12H13NO6. The van der Waals surface area contributed by atoms with Crippen molar-refractivity contribution in [3.05, 3.63) is 12.7 Å². The molecule has 3 aliphatic heterocycles. The highest BCUT2D eigenvalue weighted by Gasteiger charge is 2.65. The SMILES string of the molecule is C=CC(=O)NCC(=O)OC1C2CC3C(=O)OC1C3O2. The van der Waals surface area contributed by atoms with Gasteiger partial charge in [-0.15, -0.1) is 0 Å². The van der Waals surface area contributed by atoms with Gasteiger partial charge in [-0.25, -0.2) is 0 Å². The van der Waals surface area contributed by atoms with Gasteiger partial charge in [-0.05, 0) is 12.5 Å². The molecule has 1 amide bonds. The fourth-order valence-corrected chi connectivity index (χ4v) is 2.81. The van der Waals surface area contributed by atoms with Crippen molar-refractivity contribution in [1.29, 1.82) is 0 Å². The predicted octanol–water partition coefficient (Wildman–Crippen LogP) is -1.09. The lowest BCUT2D eigenvalue weighted by atomic mass is 9.88. The number of amides is 1. The van der Waals surface area contributed by atoms with E-state index in [2.05, 4.69) is 11.9 Å². The number of ether oxygens (including phenoxy) is 3. The topological polar surface area (TPSA) is 90.9 Å². The highest BCUT2D eigenvalue weighted by atomic mass is 16.7. The van der Waals surface area contributed by atoms with E-state index in [0.29, 0.717) is 6.42 Å². The molecule has 0 radical (unpaired) electrons. The summed E-state index contributed by atoms with van der Waals surface area (Å²) in [6.07, 6.45) is -0.0615. The van der Waals surface area contributed by atoms with Gasteiger partial charge in [0.1, 0.15) is 12.6 Å². The number of fused-ring (bicyclic) bond motifs is 1. The van der Waals surface area contributed by atoms with Gasteiger partial charge < -0.3 is 19.5 Å². The predicted molar refractivity (Wildman–Crippen MR) is 59.7 cm³/mol. The second-order valence-corrected chi connectivity index (χ2v) is 4.76. The Hall–Kier alpha value is -1.89. The summed E-state index contributed by atoms with van der Waals surface area (Å²) in [5.41, 5.74) is 0. The monoisotopic (exact) mass is 267 g/mol. The zero-order chi connectivity index (χ0) is 13.6. The first-order chi connectivity index (χ1) is 9.10. The van der Waals surface area contributed by atoms with Crippen LogP contribution in [0.1, 0.15) is 6.42 Å². The van der Waals surface area contributed by atoms with E-state index in [1.807, 2.05) is 0 Å². The summed E-state index contributed by atoms with van der Waals surface area (Å²) >= 11 is 0. The minimum atomic E-state index is -0.587. The van der Waals surface area contributed by atoms with Gasteiger partial charge in [0.15, 0.2) is 12.2 Å². The number of carbonyl (C=O) groups excluding carboxylic acids is 3. The van der Waals surface area contributed by atoms with Crippen molar-refractivity contribution >= 4 is 17.8 Å². The molecule has 7 nitrogen and oxygen atoms in total. The average Bonchev–Trinajstić information content (AvgIpc) is 3.00. The summed E-state index contributed by atoms with van der Waals surface area (Å²) in [6, 6.07) is 0. The number of rotatable bonds is 4. The first-order valence-corrected chi connectivity index (χ1v) is 6.06. The van der Waals surface area contributed by atoms with E-state index < -0.39 is 24.1 Å². The van der Waals surface area contributed by atoms with Gasteiger partial charge in [0.25, 0.3) is 0 Å². The van der Waals surface area contributed by atoms with Crippen LogP contribution in [0.2, 0.25) is 0 Å². The van der Waals surface area contributed by atoms with E-state index in [1.54, 1.807) is 0 Å².